The minimum absolute atomic E-state index is 0.00198. The maximum Gasteiger partial charge on any atom is 0.248 e. The van der Waals surface area contributed by atoms with Gasteiger partial charge >= 0.3 is 0 Å². The Hall–Kier alpha value is -2.48. The van der Waals surface area contributed by atoms with Crippen molar-refractivity contribution in [3.05, 3.63) is 29.8 Å². The van der Waals surface area contributed by atoms with E-state index in [-0.39, 0.29) is 12.5 Å². The summed E-state index contributed by atoms with van der Waals surface area (Å²) in [5.74, 6) is 3.05. The first kappa shape index (κ1) is 14.9. The van der Waals surface area contributed by atoms with Crippen molar-refractivity contribution in [1.29, 1.82) is 0 Å². The van der Waals surface area contributed by atoms with Crippen molar-refractivity contribution in [1.82, 2.24) is 10.6 Å². The molecule has 0 atom stereocenters. The van der Waals surface area contributed by atoms with Crippen molar-refractivity contribution in [2.75, 3.05) is 31.1 Å². The lowest BCUT2D eigenvalue weighted by atomic mass is 10.2. The van der Waals surface area contributed by atoms with Gasteiger partial charge in [-0.3, -0.25) is 4.79 Å². The largest absolute Gasteiger partial charge is 0.357 e. The lowest BCUT2D eigenvalue weighted by molar-refractivity contribution is -0.117. The number of anilines is 1. The number of benzene rings is 1. The van der Waals surface area contributed by atoms with Crippen LogP contribution in [0.5, 0.6) is 0 Å². The molecule has 21 heavy (non-hydrogen) atoms. The molecule has 0 saturated heterocycles. The van der Waals surface area contributed by atoms with Crippen molar-refractivity contribution in [2.45, 2.75) is 13.3 Å². The van der Waals surface area contributed by atoms with Gasteiger partial charge in [0.25, 0.3) is 0 Å². The molecule has 0 fully saturated rings. The predicted octanol–water partition coefficient (Wildman–Crippen LogP) is 0.764. The zero-order valence-corrected chi connectivity index (χ0v) is 12.2. The summed E-state index contributed by atoms with van der Waals surface area (Å²) in [6.07, 6.45) is 6.11. The van der Waals surface area contributed by atoms with Gasteiger partial charge in [0.05, 0.1) is 6.54 Å². The fourth-order valence-corrected chi connectivity index (χ4v) is 2.31. The number of nitrogens with one attached hydrogen (secondary N) is 2. The number of rotatable bonds is 4. The van der Waals surface area contributed by atoms with Crippen LogP contribution in [0.1, 0.15) is 12.5 Å². The maximum absolute atomic E-state index is 12.3. The number of guanidine groups is 1. The predicted molar refractivity (Wildman–Crippen MR) is 85.3 cm³/mol. The Labute approximate surface area is 125 Å². The van der Waals surface area contributed by atoms with Crippen LogP contribution in [0.4, 0.5) is 5.69 Å². The molecular formula is C16H20N4O. The molecule has 0 saturated carbocycles. The van der Waals surface area contributed by atoms with Gasteiger partial charge in [0, 0.05) is 18.8 Å². The number of hydrogen-bond acceptors (Lipinski definition) is 2. The summed E-state index contributed by atoms with van der Waals surface area (Å²) in [6.45, 7) is 3.89. The van der Waals surface area contributed by atoms with Crippen LogP contribution in [0.2, 0.25) is 0 Å². The van der Waals surface area contributed by atoms with Crippen LogP contribution in [0.15, 0.2) is 29.3 Å². The third kappa shape index (κ3) is 3.76. The van der Waals surface area contributed by atoms with E-state index in [0.717, 1.165) is 25.2 Å². The van der Waals surface area contributed by atoms with E-state index in [0.29, 0.717) is 12.5 Å². The summed E-state index contributed by atoms with van der Waals surface area (Å²) in [6, 6.07) is 7.99. The van der Waals surface area contributed by atoms with E-state index < -0.39 is 0 Å². The number of nitrogens with zero attached hydrogens (tertiary/aromatic N) is 2. The molecular weight excluding hydrogens is 264 g/mol. The molecule has 110 valence electrons. The quantitative estimate of drug-likeness (QED) is 0.488. The molecule has 1 aromatic rings. The second-order valence-corrected chi connectivity index (χ2v) is 4.68. The molecule has 1 amide bonds. The highest BCUT2D eigenvalue weighted by Gasteiger charge is 2.23. The molecule has 1 heterocycles. The van der Waals surface area contributed by atoms with E-state index in [2.05, 4.69) is 27.6 Å². The normalized spacial score (nSPS) is 13.5. The fraction of sp³-hybridized carbons (Fsp3) is 0.375. The van der Waals surface area contributed by atoms with Gasteiger partial charge in [-0.15, -0.1) is 6.42 Å². The van der Waals surface area contributed by atoms with Crippen LogP contribution in [0.25, 0.3) is 0 Å². The van der Waals surface area contributed by atoms with Crippen molar-refractivity contribution in [2.24, 2.45) is 4.99 Å². The Bertz CT molecular complexity index is 574. The second kappa shape index (κ2) is 7.34. The minimum Gasteiger partial charge on any atom is -0.357 e. The number of amides is 1. The van der Waals surface area contributed by atoms with Gasteiger partial charge in [-0.2, -0.15) is 0 Å². The van der Waals surface area contributed by atoms with Gasteiger partial charge in [0.2, 0.25) is 5.91 Å². The molecule has 0 unspecified atom stereocenters. The third-order valence-corrected chi connectivity index (χ3v) is 3.26. The van der Waals surface area contributed by atoms with E-state index in [9.17, 15) is 4.79 Å². The molecule has 2 rings (SSSR count). The molecule has 0 aromatic heterocycles. The molecule has 5 heteroatoms. The first-order chi connectivity index (χ1) is 10.3. The van der Waals surface area contributed by atoms with Crippen molar-refractivity contribution in [3.8, 4) is 12.3 Å². The topological polar surface area (TPSA) is 56.7 Å². The van der Waals surface area contributed by atoms with Crippen molar-refractivity contribution in [3.63, 3.8) is 0 Å². The van der Waals surface area contributed by atoms with Gasteiger partial charge in [0.1, 0.15) is 6.54 Å². The Kier molecular flexibility index (Phi) is 5.22. The average molecular weight is 284 g/mol. The summed E-state index contributed by atoms with van der Waals surface area (Å²) >= 11 is 0. The van der Waals surface area contributed by atoms with Crippen LogP contribution in [-0.4, -0.2) is 38.0 Å². The Morgan fingerprint density at radius 2 is 2.24 bits per heavy atom. The minimum atomic E-state index is -0.00198. The average Bonchev–Trinajstić information content (AvgIpc) is 2.94. The van der Waals surface area contributed by atoms with E-state index in [1.54, 1.807) is 4.90 Å². The van der Waals surface area contributed by atoms with Crippen LogP contribution >= 0.6 is 0 Å². The molecule has 1 aromatic carbocycles. The van der Waals surface area contributed by atoms with Gasteiger partial charge in [-0.1, -0.05) is 24.1 Å². The summed E-state index contributed by atoms with van der Waals surface area (Å²) < 4.78 is 0. The first-order valence-corrected chi connectivity index (χ1v) is 7.10. The highest BCUT2D eigenvalue weighted by Crippen LogP contribution is 2.27. The first-order valence-electron chi connectivity index (χ1n) is 7.10. The molecule has 1 aliphatic heterocycles. The van der Waals surface area contributed by atoms with Gasteiger partial charge in [-0.05, 0) is 25.0 Å². The summed E-state index contributed by atoms with van der Waals surface area (Å²) in [5.41, 5.74) is 2.21. The van der Waals surface area contributed by atoms with E-state index >= 15 is 0 Å². The number of carbonyl (C=O) groups excluding carboxylic acids is 1. The lowest BCUT2D eigenvalue weighted by Crippen LogP contribution is -2.39. The monoisotopic (exact) mass is 284 g/mol. The molecule has 0 radical (unpaired) electrons. The number of aliphatic imine (C=N–C) groups is 1. The maximum atomic E-state index is 12.3. The second-order valence-electron chi connectivity index (χ2n) is 4.68. The van der Waals surface area contributed by atoms with Crippen LogP contribution in [0, 0.1) is 12.3 Å². The molecule has 2 N–H and O–H groups in total. The van der Waals surface area contributed by atoms with E-state index in [4.69, 9.17) is 6.42 Å². The SMILES string of the molecule is C#CCNC(=NCC(=O)N1CCc2ccccc21)NCC. The molecule has 5 nitrogen and oxygen atoms in total. The van der Waals surface area contributed by atoms with Crippen molar-refractivity contribution >= 4 is 17.6 Å². The zero-order chi connectivity index (χ0) is 15.1. The molecule has 1 aliphatic rings. The Balaban J connectivity index is 2.00. The van der Waals surface area contributed by atoms with Gasteiger partial charge < -0.3 is 15.5 Å². The highest BCUT2D eigenvalue weighted by molar-refractivity contribution is 5.98. The number of terminal acetylenes is 1. The number of hydrogen-bond donors (Lipinski definition) is 2. The summed E-state index contributed by atoms with van der Waals surface area (Å²) in [4.78, 5) is 18.4. The molecule has 0 aliphatic carbocycles. The van der Waals surface area contributed by atoms with Gasteiger partial charge in [0.15, 0.2) is 5.96 Å². The van der Waals surface area contributed by atoms with E-state index in [1.807, 2.05) is 25.1 Å². The van der Waals surface area contributed by atoms with Gasteiger partial charge in [-0.25, -0.2) is 4.99 Å². The summed E-state index contributed by atoms with van der Waals surface area (Å²) in [5, 5.41) is 6.02. The standard InChI is InChI=1S/C16H20N4O/c1-3-10-18-16(17-4-2)19-12-15(21)20-11-9-13-7-5-6-8-14(13)20/h1,5-8H,4,9-12H2,2H3,(H2,17,18,19). The summed E-state index contributed by atoms with van der Waals surface area (Å²) in [7, 11) is 0. The van der Waals surface area contributed by atoms with E-state index in [1.165, 1.54) is 5.56 Å². The van der Waals surface area contributed by atoms with Crippen LogP contribution in [-0.2, 0) is 11.2 Å². The zero-order valence-electron chi connectivity index (χ0n) is 12.2. The number of carbonyl (C=O) groups is 1. The Morgan fingerprint density at radius 1 is 1.43 bits per heavy atom. The third-order valence-electron chi connectivity index (χ3n) is 3.26. The number of para-hydroxylation sites is 1. The fourth-order valence-electron chi connectivity index (χ4n) is 2.31. The molecule has 0 bridgehead atoms. The molecule has 0 spiro atoms. The van der Waals surface area contributed by atoms with Crippen LogP contribution < -0.4 is 15.5 Å². The Morgan fingerprint density at radius 3 is 3.00 bits per heavy atom. The smallest absolute Gasteiger partial charge is 0.248 e. The lowest BCUT2D eigenvalue weighted by Gasteiger charge is -2.16. The van der Waals surface area contributed by atoms with Crippen LogP contribution in [0.3, 0.4) is 0 Å². The van der Waals surface area contributed by atoms with Crippen molar-refractivity contribution < 1.29 is 4.79 Å². The highest BCUT2D eigenvalue weighted by atomic mass is 16.2. The number of fused-ring (bicyclic) bond motifs is 1.